The number of piperazine rings is 1. The van der Waals surface area contributed by atoms with E-state index in [4.69, 9.17) is 0 Å². The van der Waals surface area contributed by atoms with Gasteiger partial charge in [0.05, 0.1) is 0 Å². The molecule has 0 atom stereocenters. The first-order valence-corrected chi connectivity index (χ1v) is 8.28. The summed E-state index contributed by atoms with van der Waals surface area (Å²) in [6.07, 6.45) is 1.01. The molecule has 2 N–H and O–H groups in total. The molecule has 1 aliphatic heterocycles. The van der Waals surface area contributed by atoms with Crippen molar-refractivity contribution in [2.24, 2.45) is 0 Å². The Hall–Kier alpha value is -1.39. The Morgan fingerprint density at radius 2 is 1.82 bits per heavy atom. The highest BCUT2D eigenvalue weighted by Crippen LogP contribution is 2.22. The molecule has 0 spiro atoms. The predicted octanol–water partition coefficient (Wildman–Crippen LogP) is 2.01. The van der Waals surface area contributed by atoms with Crippen molar-refractivity contribution in [1.82, 2.24) is 15.5 Å². The predicted molar refractivity (Wildman–Crippen MR) is 91.4 cm³/mol. The first kappa shape index (κ1) is 17.0. The lowest BCUT2D eigenvalue weighted by molar-refractivity contribution is 0.0951. The molecular formula is C18H29N3O. The SMILES string of the molecule is CC(C)(C)c1ccc(C(=O)NCCCN2CCNCC2)cc1. The molecule has 1 aliphatic rings. The van der Waals surface area contributed by atoms with Crippen LogP contribution in [0.5, 0.6) is 0 Å². The molecule has 4 nitrogen and oxygen atoms in total. The molecule has 0 aliphatic carbocycles. The van der Waals surface area contributed by atoms with Gasteiger partial charge in [0.15, 0.2) is 0 Å². The van der Waals surface area contributed by atoms with E-state index in [0.29, 0.717) is 0 Å². The van der Waals surface area contributed by atoms with Gasteiger partial charge in [0.25, 0.3) is 5.91 Å². The Bertz CT molecular complexity index is 470. The van der Waals surface area contributed by atoms with Gasteiger partial charge in [-0.15, -0.1) is 0 Å². The largest absolute Gasteiger partial charge is 0.352 e. The maximum absolute atomic E-state index is 12.1. The minimum absolute atomic E-state index is 0.0285. The molecule has 22 heavy (non-hydrogen) atoms. The van der Waals surface area contributed by atoms with E-state index in [1.165, 1.54) is 5.56 Å². The van der Waals surface area contributed by atoms with Crippen LogP contribution in [0.1, 0.15) is 43.1 Å². The van der Waals surface area contributed by atoms with Crippen LogP contribution in [0.4, 0.5) is 0 Å². The van der Waals surface area contributed by atoms with Crippen molar-refractivity contribution >= 4 is 5.91 Å². The number of hydrogen-bond donors (Lipinski definition) is 2. The third-order valence-corrected chi connectivity index (χ3v) is 4.16. The van der Waals surface area contributed by atoms with Gasteiger partial charge in [-0.3, -0.25) is 4.79 Å². The summed E-state index contributed by atoms with van der Waals surface area (Å²) >= 11 is 0. The van der Waals surface area contributed by atoms with Gasteiger partial charge in [0, 0.05) is 38.3 Å². The van der Waals surface area contributed by atoms with E-state index in [2.05, 4.69) is 48.4 Å². The highest BCUT2D eigenvalue weighted by Gasteiger charge is 2.14. The highest BCUT2D eigenvalue weighted by molar-refractivity contribution is 5.94. The van der Waals surface area contributed by atoms with Gasteiger partial charge in [0.1, 0.15) is 0 Å². The van der Waals surface area contributed by atoms with Crippen LogP contribution in [0.2, 0.25) is 0 Å². The molecule has 2 rings (SSSR count). The highest BCUT2D eigenvalue weighted by atomic mass is 16.1. The minimum atomic E-state index is 0.0285. The zero-order valence-electron chi connectivity index (χ0n) is 14.1. The van der Waals surface area contributed by atoms with E-state index in [0.717, 1.165) is 51.3 Å². The number of nitrogens with zero attached hydrogens (tertiary/aromatic N) is 1. The van der Waals surface area contributed by atoms with Crippen LogP contribution < -0.4 is 10.6 Å². The van der Waals surface area contributed by atoms with Crippen molar-refractivity contribution < 1.29 is 4.79 Å². The summed E-state index contributed by atoms with van der Waals surface area (Å²) in [5.74, 6) is 0.0285. The minimum Gasteiger partial charge on any atom is -0.352 e. The topological polar surface area (TPSA) is 44.4 Å². The molecule has 1 amide bonds. The molecule has 1 saturated heterocycles. The van der Waals surface area contributed by atoms with E-state index in [1.54, 1.807) is 0 Å². The van der Waals surface area contributed by atoms with Crippen molar-refractivity contribution in [1.29, 1.82) is 0 Å². The molecule has 0 radical (unpaired) electrons. The maximum Gasteiger partial charge on any atom is 0.251 e. The lowest BCUT2D eigenvalue weighted by Crippen LogP contribution is -2.44. The monoisotopic (exact) mass is 303 g/mol. The van der Waals surface area contributed by atoms with Crippen molar-refractivity contribution in [3.05, 3.63) is 35.4 Å². The second-order valence-corrected chi connectivity index (χ2v) is 7.03. The average Bonchev–Trinajstić information content (AvgIpc) is 2.52. The third kappa shape index (κ3) is 5.11. The van der Waals surface area contributed by atoms with Crippen LogP contribution in [0.25, 0.3) is 0 Å². The molecule has 1 aromatic carbocycles. The van der Waals surface area contributed by atoms with Gasteiger partial charge in [-0.1, -0.05) is 32.9 Å². The van der Waals surface area contributed by atoms with Crippen LogP contribution in [0.3, 0.4) is 0 Å². The van der Waals surface area contributed by atoms with E-state index in [9.17, 15) is 4.79 Å². The fraction of sp³-hybridized carbons (Fsp3) is 0.611. The number of carbonyl (C=O) groups is 1. The number of hydrogen-bond acceptors (Lipinski definition) is 3. The molecule has 0 aromatic heterocycles. The number of rotatable bonds is 5. The first-order chi connectivity index (χ1) is 10.5. The number of amides is 1. The molecule has 1 fully saturated rings. The summed E-state index contributed by atoms with van der Waals surface area (Å²) in [5, 5.41) is 6.36. The Morgan fingerprint density at radius 3 is 2.41 bits per heavy atom. The van der Waals surface area contributed by atoms with Gasteiger partial charge in [-0.25, -0.2) is 0 Å². The Kier molecular flexibility index (Phi) is 5.98. The lowest BCUT2D eigenvalue weighted by Gasteiger charge is -2.27. The zero-order valence-corrected chi connectivity index (χ0v) is 14.1. The fourth-order valence-electron chi connectivity index (χ4n) is 2.66. The Morgan fingerprint density at radius 1 is 1.18 bits per heavy atom. The van der Waals surface area contributed by atoms with Gasteiger partial charge < -0.3 is 15.5 Å². The molecule has 1 aromatic rings. The van der Waals surface area contributed by atoms with Crippen molar-refractivity contribution in [2.45, 2.75) is 32.6 Å². The van der Waals surface area contributed by atoms with E-state index in [-0.39, 0.29) is 11.3 Å². The van der Waals surface area contributed by atoms with Crippen molar-refractivity contribution in [2.75, 3.05) is 39.3 Å². The van der Waals surface area contributed by atoms with E-state index < -0.39 is 0 Å². The molecule has 4 heteroatoms. The van der Waals surface area contributed by atoms with Crippen molar-refractivity contribution in [3.63, 3.8) is 0 Å². The maximum atomic E-state index is 12.1. The molecular weight excluding hydrogens is 274 g/mol. The standard InChI is InChI=1S/C18H29N3O/c1-18(2,3)16-7-5-15(6-8-16)17(22)20-9-4-12-21-13-10-19-11-14-21/h5-8,19H,4,9-14H2,1-3H3,(H,20,22). The molecule has 0 unspecified atom stereocenters. The van der Waals surface area contributed by atoms with Crippen LogP contribution in [0, 0.1) is 0 Å². The van der Waals surface area contributed by atoms with Crippen molar-refractivity contribution in [3.8, 4) is 0 Å². The van der Waals surface area contributed by atoms with Crippen LogP contribution >= 0.6 is 0 Å². The van der Waals surface area contributed by atoms with Crippen LogP contribution in [-0.4, -0.2) is 50.1 Å². The summed E-state index contributed by atoms with van der Waals surface area (Å²) in [6, 6.07) is 7.95. The molecule has 122 valence electrons. The summed E-state index contributed by atoms with van der Waals surface area (Å²) in [5.41, 5.74) is 2.12. The van der Waals surface area contributed by atoms with Gasteiger partial charge in [0.2, 0.25) is 0 Å². The number of nitrogens with one attached hydrogen (secondary N) is 2. The van der Waals surface area contributed by atoms with E-state index >= 15 is 0 Å². The smallest absolute Gasteiger partial charge is 0.251 e. The summed E-state index contributed by atoms with van der Waals surface area (Å²) in [7, 11) is 0. The van der Waals surface area contributed by atoms with Crippen LogP contribution in [-0.2, 0) is 5.41 Å². The zero-order chi connectivity index (χ0) is 16.0. The molecule has 0 bridgehead atoms. The van der Waals surface area contributed by atoms with Gasteiger partial charge in [-0.05, 0) is 36.1 Å². The second-order valence-electron chi connectivity index (χ2n) is 7.03. The average molecular weight is 303 g/mol. The first-order valence-electron chi connectivity index (χ1n) is 8.28. The fourth-order valence-corrected chi connectivity index (χ4v) is 2.66. The van der Waals surface area contributed by atoms with Crippen LogP contribution in [0.15, 0.2) is 24.3 Å². The van der Waals surface area contributed by atoms with E-state index in [1.807, 2.05) is 12.1 Å². The molecule has 1 heterocycles. The second kappa shape index (κ2) is 7.75. The summed E-state index contributed by atoms with van der Waals surface area (Å²) in [6.45, 7) is 12.7. The normalized spacial score (nSPS) is 16.5. The quantitative estimate of drug-likeness (QED) is 0.818. The molecule has 0 saturated carbocycles. The van der Waals surface area contributed by atoms with Gasteiger partial charge >= 0.3 is 0 Å². The number of benzene rings is 1. The van der Waals surface area contributed by atoms with Gasteiger partial charge in [-0.2, -0.15) is 0 Å². The Balaban J connectivity index is 1.72. The lowest BCUT2D eigenvalue weighted by atomic mass is 9.87. The third-order valence-electron chi connectivity index (χ3n) is 4.16. The summed E-state index contributed by atoms with van der Waals surface area (Å²) < 4.78 is 0. The Labute approximate surface area is 134 Å². The number of carbonyl (C=O) groups excluding carboxylic acids is 1. The summed E-state index contributed by atoms with van der Waals surface area (Å²) in [4.78, 5) is 14.6.